The molecule has 2 N–H and O–H groups in total. The van der Waals surface area contributed by atoms with Gasteiger partial charge in [-0.05, 0) is 28.1 Å². The number of pyridine rings is 1. The van der Waals surface area contributed by atoms with Crippen molar-refractivity contribution in [3.05, 3.63) is 22.7 Å². The van der Waals surface area contributed by atoms with Crippen molar-refractivity contribution in [1.82, 2.24) is 4.98 Å². The van der Waals surface area contributed by atoms with Crippen LogP contribution in [0.2, 0.25) is 0 Å². The van der Waals surface area contributed by atoms with E-state index in [-0.39, 0.29) is 4.60 Å². The SMILES string of the molecule is NS(=O)(=O)c1ccc(Br)nc1F. The van der Waals surface area contributed by atoms with E-state index in [0.717, 1.165) is 6.07 Å². The molecule has 0 aliphatic carbocycles. The second-order valence-corrected chi connectivity index (χ2v) is 4.31. The summed E-state index contributed by atoms with van der Waals surface area (Å²) in [5, 5.41) is 4.68. The first kappa shape index (κ1) is 9.56. The Hall–Kier alpha value is -0.530. The van der Waals surface area contributed by atoms with Crippen LogP contribution in [-0.4, -0.2) is 13.4 Å². The number of sulfonamides is 1. The third-order valence-corrected chi connectivity index (χ3v) is 2.45. The maximum absolute atomic E-state index is 12.7. The summed E-state index contributed by atoms with van der Waals surface area (Å²) in [6.07, 6.45) is 0. The zero-order chi connectivity index (χ0) is 9.35. The van der Waals surface area contributed by atoms with Crippen molar-refractivity contribution in [3.8, 4) is 0 Å². The van der Waals surface area contributed by atoms with Crippen LogP contribution in [-0.2, 0) is 10.0 Å². The van der Waals surface area contributed by atoms with E-state index in [2.05, 4.69) is 26.1 Å². The Kier molecular flexibility index (Phi) is 2.45. The van der Waals surface area contributed by atoms with Gasteiger partial charge in [0.1, 0.15) is 9.50 Å². The normalized spacial score (nSPS) is 11.6. The lowest BCUT2D eigenvalue weighted by atomic mass is 10.5. The largest absolute Gasteiger partial charge is 0.242 e. The lowest BCUT2D eigenvalue weighted by Gasteiger charge is -1.98. The molecule has 7 heteroatoms. The van der Waals surface area contributed by atoms with Gasteiger partial charge in [0.2, 0.25) is 16.0 Å². The van der Waals surface area contributed by atoms with Gasteiger partial charge in [0, 0.05) is 0 Å². The molecular formula is C5H4BrFN2O2S. The van der Waals surface area contributed by atoms with Crippen molar-refractivity contribution in [2.45, 2.75) is 4.90 Å². The molecule has 1 heterocycles. The van der Waals surface area contributed by atoms with Gasteiger partial charge in [-0.2, -0.15) is 4.39 Å². The van der Waals surface area contributed by atoms with Crippen molar-refractivity contribution < 1.29 is 12.8 Å². The molecule has 0 spiro atoms. The topological polar surface area (TPSA) is 73.1 Å². The van der Waals surface area contributed by atoms with Crippen molar-refractivity contribution in [2.75, 3.05) is 0 Å². The van der Waals surface area contributed by atoms with E-state index < -0.39 is 20.9 Å². The Morgan fingerprint density at radius 1 is 1.50 bits per heavy atom. The van der Waals surface area contributed by atoms with Crippen LogP contribution in [0.4, 0.5) is 4.39 Å². The third kappa shape index (κ3) is 1.99. The predicted octanol–water partition coefficient (Wildman–Crippen LogP) is 0.631. The van der Waals surface area contributed by atoms with Crippen LogP contribution in [0.25, 0.3) is 0 Å². The van der Waals surface area contributed by atoms with Crippen LogP contribution in [0, 0.1) is 5.95 Å². The van der Waals surface area contributed by atoms with E-state index in [4.69, 9.17) is 0 Å². The molecule has 0 radical (unpaired) electrons. The molecule has 0 fully saturated rings. The van der Waals surface area contributed by atoms with Crippen molar-refractivity contribution in [3.63, 3.8) is 0 Å². The van der Waals surface area contributed by atoms with Gasteiger partial charge in [-0.1, -0.05) is 0 Å². The minimum Gasteiger partial charge on any atom is -0.224 e. The Morgan fingerprint density at radius 2 is 2.08 bits per heavy atom. The summed E-state index contributed by atoms with van der Waals surface area (Å²) in [6.45, 7) is 0. The minimum atomic E-state index is -4.01. The number of primary sulfonamides is 1. The summed E-state index contributed by atoms with van der Waals surface area (Å²) in [4.78, 5) is 2.63. The first-order chi connectivity index (χ1) is 5.41. The molecular weight excluding hydrogens is 251 g/mol. The molecule has 1 rings (SSSR count). The summed E-state index contributed by atoms with van der Waals surface area (Å²) in [5.41, 5.74) is 0. The molecule has 0 unspecified atom stereocenters. The number of rotatable bonds is 1. The predicted molar refractivity (Wildman–Crippen MR) is 43.3 cm³/mol. The molecule has 4 nitrogen and oxygen atoms in total. The number of aromatic nitrogens is 1. The highest BCUT2D eigenvalue weighted by molar-refractivity contribution is 9.10. The van der Waals surface area contributed by atoms with E-state index >= 15 is 0 Å². The van der Waals surface area contributed by atoms with Crippen molar-refractivity contribution >= 4 is 26.0 Å². The second kappa shape index (κ2) is 3.08. The molecule has 1 aromatic rings. The van der Waals surface area contributed by atoms with E-state index in [1.807, 2.05) is 0 Å². The highest BCUT2D eigenvalue weighted by Gasteiger charge is 2.14. The zero-order valence-electron chi connectivity index (χ0n) is 5.66. The quantitative estimate of drug-likeness (QED) is 0.748. The minimum absolute atomic E-state index is 0.215. The molecule has 0 aliphatic rings. The Morgan fingerprint density at radius 3 is 2.50 bits per heavy atom. The Balaban J connectivity index is 3.39. The molecule has 1 aromatic heterocycles. The molecule has 0 saturated carbocycles. The fourth-order valence-electron chi connectivity index (χ4n) is 0.612. The zero-order valence-corrected chi connectivity index (χ0v) is 8.06. The first-order valence-corrected chi connectivity index (χ1v) is 5.10. The van der Waals surface area contributed by atoms with Crippen molar-refractivity contribution in [1.29, 1.82) is 0 Å². The van der Waals surface area contributed by atoms with Gasteiger partial charge >= 0.3 is 0 Å². The molecule has 0 amide bonds. The molecule has 0 atom stereocenters. The lowest BCUT2D eigenvalue weighted by molar-refractivity contribution is 0.537. The first-order valence-electron chi connectivity index (χ1n) is 2.76. The molecule has 66 valence electrons. The van der Waals surface area contributed by atoms with Crippen LogP contribution in [0.5, 0.6) is 0 Å². The van der Waals surface area contributed by atoms with E-state index in [9.17, 15) is 12.8 Å². The van der Waals surface area contributed by atoms with Crippen LogP contribution in [0.3, 0.4) is 0 Å². The van der Waals surface area contributed by atoms with E-state index in [0.29, 0.717) is 0 Å². The summed E-state index contributed by atoms with van der Waals surface area (Å²) < 4.78 is 34.3. The maximum atomic E-state index is 12.7. The average Bonchev–Trinajstić information content (AvgIpc) is 1.83. The fourth-order valence-corrected chi connectivity index (χ4v) is 1.44. The number of nitrogens with zero attached hydrogens (tertiary/aromatic N) is 1. The van der Waals surface area contributed by atoms with Gasteiger partial charge in [-0.25, -0.2) is 18.5 Å². The number of hydrogen-bond donors (Lipinski definition) is 1. The van der Waals surface area contributed by atoms with Crippen LogP contribution in [0.1, 0.15) is 0 Å². The van der Waals surface area contributed by atoms with Crippen LogP contribution in [0.15, 0.2) is 21.6 Å². The molecule has 0 aliphatic heterocycles. The monoisotopic (exact) mass is 254 g/mol. The van der Waals surface area contributed by atoms with E-state index in [1.165, 1.54) is 6.07 Å². The maximum Gasteiger partial charge on any atom is 0.242 e. The Bertz CT molecular complexity index is 406. The second-order valence-electron chi connectivity index (χ2n) is 1.97. The molecule has 0 saturated heterocycles. The van der Waals surface area contributed by atoms with Gasteiger partial charge < -0.3 is 0 Å². The summed E-state index contributed by atoms with van der Waals surface area (Å²) in [7, 11) is -4.01. The van der Waals surface area contributed by atoms with Gasteiger partial charge in [0.05, 0.1) is 0 Å². The fraction of sp³-hybridized carbons (Fsp3) is 0. The number of halogens is 2. The molecule has 0 aromatic carbocycles. The van der Waals surface area contributed by atoms with Crippen LogP contribution >= 0.6 is 15.9 Å². The number of hydrogen-bond acceptors (Lipinski definition) is 3. The summed E-state index contributed by atoms with van der Waals surface area (Å²) >= 11 is 2.88. The smallest absolute Gasteiger partial charge is 0.224 e. The standard InChI is InChI=1S/C5H4BrFN2O2S/c6-4-2-1-3(5(7)9-4)12(8,10)11/h1-2H,(H2,8,10,11). The van der Waals surface area contributed by atoms with E-state index in [1.54, 1.807) is 0 Å². The molecule has 12 heavy (non-hydrogen) atoms. The van der Waals surface area contributed by atoms with Gasteiger partial charge in [-0.3, -0.25) is 0 Å². The van der Waals surface area contributed by atoms with Gasteiger partial charge in [-0.15, -0.1) is 0 Å². The van der Waals surface area contributed by atoms with Gasteiger partial charge in [0.25, 0.3) is 0 Å². The number of nitrogens with two attached hydrogens (primary N) is 1. The van der Waals surface area contributed by atoms with Crippen molar-refractivity contribution in [2.24, 2.45) is 5.14 Å². The van der Waals surface area contributed by atoms with Crippen LogP contribution < -0.4 is 5.14 Å². The summed E-state index contributed by atoms with van der Waals surface area (Å²) in [6, 6.07) is 2.34. The van der Waals surface area contributed by atoms with Gasteiger partial charge in [0.15, 0.2) is 0 Å². The lowest BCUT2D eigenvalue weighted by Crippen LogP contribution is -2.14. The highest BCUT2D eigenvalue weighted by atomic mass is 79.9. The Labute approximate surface area is 76.8 Å². The third-order valence-electron chi connectivity index (χ3n) is 1.09. The molecule has 0 bridgehead atoms. The highest BCUT2D eigenvalue weighted by Crippen LogP contribution is 2.13. The average molecular weight is 255 g/mol. The summed E-state index contributed by atoms with van der Waals surface area (Å²) in [5.74, 6) is -1.10.